The fourth-order valence-corrected chi connectivity index (χ4v) is 7.89. The average molecular weight is 846 g/mol. The third kappa shape index (κ3) is 11.3. The van der Waals surface area contributed by atoms with Crippen molar-refractivity contribution in [1.82, 2.24) is 19.2 Å². The van der Waals surface area contributed by atoms with Crippen molar-refractivity contribution in [3.05, 3.63) is 108 Å². The standard InChI is InChI=1S/C45H53N5O5.C5H10O2/c1-6-53-45(51)44-38(18-11-28-54-41-19-9-14-33-13-7-8-15-36(33)41)37-16-10-17-39(43(37)50(44)25-12-24-47(3)4)42-32(2)48(5)46-40(42)31-55-35-22-20-34(21-23-35)49-26-29-52-30-27-49;1-5(2,3)7-4-6/h7-10,13-17,19-23H,6,11-12,18,24-31H2,1-5H3;4H,1-3H3. The summed E-state index contributed by atoms with van der Waals surface area (Å²) < 4.78 is 32.7. The van der Waals surface area contributed by atoms with Crippen LogP contribution in [0, 0.1) is 6.92 Å². The molecule has 330 valence electrons. The Morgan fingerprint density at radius 1 is 0.903 bits per heavy atom. The highest BCUT2D eigenvalue weighted by Gasteiger charge is 2.28. The van der Waals surface area contributed by atoms with Gasteiger partial charge in [0.05, 0.1) is 31.9 Å². The van der Waals surface area contributed by atoms with Crippen LogP contribution in [0.3, 0.4) is 0 Å². The summed E-state index contributed by atoms with van der Waals surface area (Å²) in [7, 11) is 6.13. The Hall–Kier alpha value is -5.85. The Morgan fingerprint density at radius 2 is 1.61 bits per heavy atom. The zero-order chi connectivity index (χ0) is 44.2. The molecule has 12 heteroatoms. The predicted molar refractivity (Wildman–Crippen MR) is 246 cm³/mol. The molecule has 0 bridgehead atoms. The summed E-state index contributed by atoms with van der Waals surface area (Å²) >= 11 is 0. The summed E-state index contributed by atoms with van der Waals surface area (Å²) in [6.07, 6.45) is 2.25. The number of anilines is 1. The summed E-state index contributed by atoms with van der Waals surface area (Å²) in [5, 5.41) is 8.25. The van der Waals surface area contributed by atoms with E-state index in [1.54, 1.807) is 0 Å². The highest BCUT2D eigenvalue weighted by Crippen LogP contribution is 2.39. The zero-order valence-corrected chi connectivity index (χ0v) is 37.7. The first-order chi connectivity index (χ1) is 29.9. The van der Waals surface area contributed by atoms with Crippen LogP contribution in [0.5, 0.6) is 11.5 Å². The van der Waals surface area contributed by atoms with Crippen LogP contribution in [0.1, 0.15) is 68.0 Å². The second-order valence-electron chi connectivity index (χ2n) is 16.7. The average Bonchev–Trinajstić information content (AvgIpc) is 3.73. The minimum Gasteiger partial charge on any atom is -0.493 e. The topological polar surface area (TPSA) is 110 Å². The number of rotatable bonds is 17. The van der Waals surface area contributed by atoms with Crippen molar-refractivity contribution in [2.45, 2.75) is 72.6 Å². The summed E-state index contributed by atoms with van der Waals surface area (Å²) in [5.74, 6) is 1.35. The molecule has 2 aromatic heterocycles. The van der Waals surface area contributed by atoms with Gasteiger partial charge in [-0.1, -0.05) is 54.6 Å². The van der Waals surface area contributed by atoms with E-state index in [-0.39, 0.29) is 11.6 Å². The molecule has 0 radical (unpaired) electrons. The smallest absolute Gasteiger partial charge is 0.355 e. The van der Waals surface area contributed by atoms with Gasteiger partial charge in [-0.3, -0.25) is 9.48 Å². The molecular weight excluding hydrogens is 783 g/mol. The quantitative estimate of drug-likeness (QED) is 0.0502. The van der Waals surface area contributed by atoms with E-state index >= 15 is 0 Å². The molecule has 1 saturated heterocycles. The fraction of sp³-hybridized carbons (Fsp3) is 0.420. The van der Waals surface area contributed by atoms with Crippen LogP contribution in [0.2, 0.25) is 0 Å². The molecular formula is C50H63N5O7. The molecule has 1 aliphatic rings. The van der Waals surface area contributed by atoms with Crippen LogP contribution < -0.4 is 14.4 Å². The maximum Gasteiger partial charge on any atom is 0.355 e. The predicted octanol–water partition coefficient (Wildman–Crippen LogP) is 9.02. The lowest BCUT2D eigenvalue weighted by Crippen LogP contribution is -2.36. The number of nitrogens with zero attached hydrogens (tertiary/aromatic N) is 5. The molecule has 6 aromatic rings. The van der Waals surface area contributed by atoms with Gasteiger partial charge in [-0.25, -0.2) is 4.79 Å². The molecule has 3 heterocycles. The lowest BCUT2D eigenvalue weighted by Gasteiger charge is -2.28. The number of fused-ring (bicyclic) bond motifs is 2. The van der Waals surface area contributed by atoms with Crippen molar-refractivity contribution in [1.29, 1.82) is 0 Å². The van der Waals surface area contributed by atoms with Gasteiger partial charge in [-0.2, -0.15) is 5.10 Å². The third-order valence-corrected chi connectivity index (χ3v) is 10.9. The molecule has 0 N–H and O–H groups in total. The van der Waals surface area contributed by atoms with Crippen molar-refractivity contribution in [2.75, 3.05) is 65.1 Å². The van der Waals surface area contributed by atoms with E-state index in [9.17, 15) is 9.59 Å². The highest BCUT2D eigenvalue weighted by atomic mass is 16.5. The molecule has 0 spiro atoms. The van der Waals surface area contributed by atoms with Crippen LogP contribution in [0.25, 0.3) is 32.8 Å². The normalized spacial score (nSPS) is 13.0. The van der Waals surface area contributed by atoms with Crippen molar-refractivity contribution in [2.24, 2.45) is 7.05 Å². The monoisotopic (exact) mass is 845 g/mol. The Bertz CT molecular complexity index is 2400. The van der Waals surface area contributed by atoms with Crippen LogP contribution in [0.4, 0.5) is 5.69 Å². The summed E-state index contributed by atoms with van der Waals surface area (Å²) in [6, 6.07) is 29.1. The Kier molecular flexibility index (Phi) is 15.7. The third-order valence-electron chi connectivity index (χ3n) is 10.9. The molecule has 7 rings (SSSR count). The van der Waals surface area contributed by atoms with Crippen LogP contribution >= 0.6 is 0 Å². The number of carbonyl (C=O) groups is 2. The SMILES string of the molecule is CC(C)(C)OC=O.CCOC(=O)c1c(CCCOc2cccc3ccccc23)c2cccc(-c3c(COc4ccc(N5CCOCC5)cc4)nn(C)c3C)c2n1CCCN(C)C. The van der Waals surface area contributed by atoms with Crippen molar-refractivity contribution in [3.8, 4) is 22.6 Å². The molecule has 4 aromatic carbocycles. The minimum absolute atomic E-state index is 0.297. The van der Waals surface area contributed by atoms with E-state index in [0.717, 1.165) is 107 Å². The summed E-state index contributed by atoms with van der Waals surface area (Å²) in [4.78, 5) is 28.1. The molecule has 12 nitrogen and oxygen atoms in total. The number of aromatic nitrogens is 3. The molecule has 0 amide bonds. The van der Waals surface area contributed by atoms with E-state index in [1.807, 2.05) is 75.8 Å². The van der Waals surface area contributed by atoms with Gasteiger partial charge in [-0.15, -0.1) is 0 Å². The van der Waals surface area contributed by atoms with E-state index in [1.165, 1.54) is 5.69 Å². The number of morpholine rings is 1. The maximum atomic E-state index is 14.0. The Labute approximate surface area is 366 Å². The van der Waals surface area contributed by atoms with Gasteiger partial charge >= 0.3 is 5.97 Å². The number of hydrogen-bond acceptors (Lipinski definition) is 10. The van der Waals surface area contributed by atoms with Gasteiger partial charge in [0.15, 0.2) is 0 Å². The molecule has 0 atom stereocenters. The van der Waals surface area contributed by atoms with Gasteiger partial charge in [0.1, 0.15) is 35.1 Å². The van der Waals surface area contributed by atoms with Gasteiger partial charge < -0.3 is 38.1 Å². The van der Waals surface area contributed by atoms with E-state index < -0.39 is 0 Å². The number of benzene rings is 4. The fourth-order valence-electron chi connectivity index (χ4n) is 7.89. The Balaban J connectivity index is 0.000000845. The largest absolute Gasteiger partial charge is 0.493 e. The van der Waals surface area contributed by atoms with Gasteiger partial charge in [0, 0.05) is 60.0 Å². The van der Waals surface area contributed by atoms with Crippen LogP contribution in [-0.2, 0) is 45.6 Å². The van der Waals surface area contributed by atoms with Gasteiger partial charge in [-0.05, 0) is 116 Å². The second-order valence-corrected chi connectivity index (χ2v) is 16.7. The van der Waals surface area contributed by atoms with Crippen LogP contribution in [-0.4, -0.2) is 97.4 Å². The second kappa shape index (κ2) is 21.3. The number of aryl methyl sites for hydroxylation is 3. The molecule has 0 aliphatic carbocycles. The number of ether oxygens (including phenoxy) is 5. The van der Waals surface area contributed by atoms with E-state index in [0.29, 0.717) is 45.0 Å². The molecule has 0 unspecified atom stereocenters. The van der Waals surface area contributed by atoms with E-state index in [4.69, 9.17) is 24.0 Å². The van der Waals surface area contributed by atoms with E-state index in [2.05, 4.69) is 88.7 Å². The van der Waals surface area contributed by atoms with Gasteiger partial charge in [0.2, 0.25) is 0 Å². The lowest BCUT2D eigenvalue weighted by atomic mass is 9.98. The van der Waals surface area contributed by atoms with Gasteiger partial charge in [0.25, 0.3) is 6.47 Å². The number of para-hydroxylation sites is 1. The first-order valence-corrected chi connectivity index (χ1v) is 21.7. The summed E-state index contributed by atoms with van der Waals surface area (Å²) in [6.45, 7) is 15.8. The van der Waals surface area contributed by atoms with Crippen molar-refractivity contribution < 1.29 is 33.3 Å². The van der Waals surface area contributed by atoms with Crippen LogP contribution in [0.15, 0.2) is 84.9 Å². The highest BCUT2D eigenvalue weighted by molar-refractivity contribution is 6.05. The lowest BCUT2D eigenvalue weighted by molar-refractivity contribution is -0.138. The molecule has 1 fully saturated rings. The molecule has 0 saturated carbocycles. The molecule has 62 heavy (non-hydrogen) atoms. The maximum absolute atomic E-state index is 14.0. The first-order valence-electron chi connectivity index (χ1n) is 21.7. The first kappa shape index (κ1) is 45.7. The minimum atomic E-state index is -0.318. The zero-order valence-electron chi connectivity index (χ0n) is 37.7. The summed E-state index contributed by atoms with van der Waals surface area (Å²) in [5.41, 5.74) is 7.38. The molecule has 1 aliphatic heterocycles. The van der Waals surface area contributed by atoms with Crippen molar-refractivity contribution >= 4 is 39.8 Å². The number of esters is 1. The van der Waals surface area contributed by atoms with Crippen molar-refractivity contribution in [3.63, 3.8) is 0 Å². The number of hydrogen-bond donors (Lipinski definition) is 0. The Morgan fingerprint density at radius 3 is 2.31 bits per heavy atom. The number of carbonyl (C=O) groups excluding carboxylic acids is 2.